The van der Waals surface area contributed by atoms with Gasteiger partial charge in [-0.2, -0.15) is 0 Å². The lowest BCUT2D eigenvalue weighted by atomic mass is 9.53. The van der Waals surface area contributed by atoms with Crippen LogP contribution in [0.2, 0.25) is 0 Å². The molecule has 53 heavy (non-hydrogen) atoms. The number of allylic oxidation sites excluding steroid dienone is 7. The van der Waals surface area contributed by atoms with Crippen molar-refractivity contribution in [3.05, 3.63) is 46.1 Å². The summed E-state index contributed by atoms with van der Waals surface area (Å²) in [6.45, 7) is 15.7. The Morgan fingerprint density at radius 3 is 2.25 bits per heavy atom. The number of ketones is 3. The molecule has 0 unspecified atom stereocenters. The molecule has 294 valence electrons. The molecule has 0 saturated carbocycles. The molecule has 0 aromatic rings. The fourth-order valence-corrected chi connectivity index (χ4v) is 9.14. The first-order chi connectivity index (χ1) is 24.6. The van der Waals surface area contributed by atoms with Crippen LogP contribution in [0.4, 0.5) is 0 Å². The SMILES string of the molecule is COC(=O)[C@]12CC(=O)[C@H](C(C)C)CC(=O)/C(C)=C\CC/C(C)=C\C(=O)[C@H]1CC(C)=C1C[C@H](OC(C)=O)[C@@](C)(O)[C@H]3CC[C@](C)(O)[C@H](CC/C(C)=C/[C@@H]12)O3. The zero-order valence-electron chi connectivity index (χ0n) is 33.5. The number of methoxy groups -OCH3 is 1. The number of carbonyl (C=O) groups excluding carboxylic acids is 5. The molecular weight excluding hydrogens is 676 g/mol. The van der Waals surface area contributed by atoms with Crippen molar-refractivity contribution in [2.75, 3.05) is 7.11 Å². The monoisotopic (exact) mass is 738 g/mol. The van der Waals surface area contributed by atoms with E-state index in [2.05, 4.69) is 0 Å². The van der Waals surface area contributed by atoms with Gasteiger partial charge in [-0.25, -0.2) is 0 Å². The Morgan fingerprint density at radius 2 is 1.62 bits per heavy atom. The summed E-state index contributed by atoms with van der Waals surface area (Å²) in [4.78, 5) is 70.3. The van der Waals surface area contributed by atoms with E-state index in [-0.39, 0.29) is 49.0 Å². The van der Waals surface area contributed by atoms with E-state index in [0.29, 0.717) is 49.7 Å². The van der Waals surface area contributed by atoms with E-state index in [0.717, 1.165) is 16.7 Å². The summed E-state index contributed by atoms with van der Waals surface area (Å²) in [5.41, 5.74) is -0.945. The predicted molar refractivity (Wildman–Crippen MR) is 200 cm³/mol. The summed E-state index contributed by atoms with van der Waals surface area (Å²) >= 11 is 0. The van der Waals surface area contributed by atoms with Crippen molar-refractivity contribution >= 4 is 29.3 Å². The van der Waals surface area contributed by atoms with Gasteiger partial charge in [-0.1, -0.05) is 48.3 Å². The Labute approximate surface area is 315 Å². The van der Waals surface area contributed by atoms with Crippen LogP contribution >= 0.6 is 0 Å². The van der Waals surface area contributed by atoms with Gasteiger partial charge in [-0.05, 0) is 104 Å². The number of carbonyl (C=O) groups is 5. The number of hydrogen-bond donors (Lipinski definition) is 2. The Bertz CT molecular complexity index is 1590. The van der Waals surface area contributed by atoms with Crippen LogP contribution in [0.3, 0.4) is 0 Å². The van der Waals surface area contributed by atoms with Gasteiger partial charge < -0.3 is 24.4 Å². The van der Waals surface area contributed by atoms with E-state index in [1.807, 2.05) is 46.8 Å². The zero-order valence-corrected chi connectivity index (χ0v) is 33.5. The second-order valence-electron chi connectivity index (χ2n) is 17.1. The minimum Gasteiger partial charge on any atom is -0.469 e. The second kappa shape index (κ2) is 16.7. The molecule has 10 nitrogen and oxygen atoms in total. The van der Waals surface area contributed by atoms with Gasteiger partial charge in [0.15, 0.2) is 11.6 Å². The molecular formula is C43H62O10. The summed E-state index contributed by atoms with van der Waals surface area (Å²) in [7, 11) is 1.26. The molecule has 10 heteroatoms. The van der Waals surface area contributed by atoms with Crippen molar-refractivity contribution in [1.82, 2.24) is 0 Å². The van der Waals surface area contributed by atoms with Crippen molar-refractivity contribution in [3.63, 3.8) is 0 Å². The Kier molecular flexibility index (Phi) is 13.4. The fourth-order valence-electron chi connectivity index (χ4n) is 9.14. The number of hydrogen-bond acceptors (Lipinski definition) is 10. The van der Waals surface area contributed by atoms with Gasteiger partial charge in [-0.15, -0.1) is 0 Å². The van der Waals surface area contributed by atoms with Gasteiger partial charge in [0.05, 0.1) is 30.3 Å². The highest BCUT2D eigenvalue weighted by Gasteiger charge is 2.60. The Balaban J connectivity index is 2.05. The molecule has 9 atom stereocenters. The van der Waals surface area contributed by atoms with Gasteiger partial charge >= 0.3 is 11.9 Å². The van der Waals surface area contributed by atoms with Crippen LogP contribution in [0, 0.1) is 29.1 Å². The molecule has 2 aliphatic heterocycles. The van der Waals surface area contributed by atoms with Crippen LogP contribution in [-0.4, -0.2) is 76.1 Å². The van der Waals surface area contributed by atoms with Crippen molar-refractivity contribution in [2.24, 2.45) is 29.1 Å². The first-order valence-electron chi connectivity index (χ1n) is 19.3. The van der Waals surface area contributed by atoms with E-state index in [4.69, 9.17) is 14.2 Å². The second-order valence-corrected chi connectivity index (χ2v) is 17.1. The minimum atomic E-state index is -1.73. The summed E-state index contributed by atoms with van der Waals surface area (Å²) in [5, 5.41) is 23.6. The van der Waals surface area contributed by atoms with Gasteiger partial charge in [-0.3, -0.25) is 24.0 Å². The molecule has 0 aromatic heterocycles. The van der Waals surface area contributed by atoms with E-state index in [1.54, 1.807) is 26.8 Å². The van der Waals surface area contributed by atoms with E-state index in [9.17, 15) is 34.2 Å². The summed E-state index contributed by atoms with van der Waals surface area (Å²) in [5.74, 6) is -4.86. The topological polar surface area (TPSA) is 154 Å². The smallest absolute Gasteiger partial charge is 0.313 e. The third-order valence-corrected chi connectivity index (χ3v) is 12.6. The average Bonchev–Trinajstić information content (AvgIpc) is 3.06. The lowest BCUT2D eigenvalue weighted by Crippen LogP contribution is -2.59. The number of esters is 2. The highest BCUT2D eigenvalue weighted by atomic mass is 16.6. The van der Waals surface area contributed by atoms with Gasteiger partial charge in [0.1, 0.15) is 17.5 Å². The highest BCUT2D eigenvalue weighted by Crippen LogP contribution is 2.56. The normalized spacial score (nSPS) is 39.7. The number of fused-ring (bicyclic) bond motifs is 5. The third-order valence-electron chi connectivity index (χ3n) is 12.6. The molecule has 0 aromatic carbocycles. The quantitative estimate of drug-likeness (QED) is 0.238. The molecule has 1 saturated heterocycles. The van der Waals surface area contributed by atoms with E-state index >= 15 is 0 Å². The maximum absolute atomic E-state index is 14.8. The molecule has 2 N–H and O–H groups in total. The molecule has 2 aliphatic carbocycles. The van der Waals surface area contributed by atoms with Crippen molar-refractivity contribution in [1.29, 1.82) is 0 Å². The van der Waals surface area contributed by atoms with Crippen LogP contribution in [0.1, 0.15) is 127 Å². The molecule has 1 fully saturated rings. The summed E-state index contributed by atoms with van der Waals surface area (Å²) < 4.78 is 17.9. The van der Waals surface area contributed by atoms with Gasteiger partial charge in [0, 0.05) is 43.9 Å². The molecule has 4 aliphatic rings. The van der Waals surface area contributed by atoms with E-state index in [1.165, 1.54) is 14.0 Å². The maximum atomic E-state index is 14.8. The largest absolute Gasteiger partial charge is 0.469 e. The lowest BCUT2D eigenvalue weighted by Gasteiger charge is -2.50. The average molecular weight is 739 g/mol. The van der Waals surface area contributed by atoms with Crippen LogP contribution in [0.25, 0.3) is 0 Å². The van der Waals surface area contributed by atoms with Gasteiger partial charge in [0.25, 0.3) is 0 Å². The molecule has 4 rings (SSSR count). The highest BCUT2D eigenvalue weighted by molar-refractivity contribution is 6.02. The summed E-state index contributed by atoms with van der Waals surface area (Å²) in [6, 6.07) is 0. The number of aliphatic hydroxyl groups is 2. The van der Waals surface area contributed by atoms with Crippen LogP contribution in [0.15, 0.2) is 46.1 Å². The van der Waals surface area contributed by atoms with Crippen molar-refractivity contribution in [2.45, 2.75) is 156 Å². The Hall–Kier alpha value is -3.21. The van der Waals surface area contributed by atoms with E-state index < -0.39 is 64.6 Å². The van der Waals surface area contributed by atoms with Crippen LogP contribution < -0.4 is 0 Å². The molecule has 0 radical (unpaired) electrons. The Morgan fingerprint density at radius 1 is 0.943 bits per heavy atom. The summed E-state index contributed by atoms with van der Waals surface area (Å²) in [6.07, 6.45) is 5.18. The minimum absolute atomic E-state index is 0.00736. The lowest BCUT2D eigenvalue weighted by molar-refractivity contribution is -0.239. The first kappa shape index (κ1) is 42.5. The molecule has 0 spiro atoms. The van der Waals surface area contributed by atoms with Crippen molar-refractivity contribution in [3.8, 4) is 0 Å². The van der Waals surface area contributed by atoms with Crippen LogP contribution in [-0.2, 0) is 38.2 Å². The zero-order chi connectivity index (χ0) is 39.6. The predicted octanol–water partition coefficient (Wildman–Crippen LogP) is 6.66. The van der Waals surface area contributed by atoms with Crippen LogP contribution in [0.5, 0.6) is 0 Å². The van der Waals surface area contributed by atoms with Crippen molar-refractivity contribution < 1.29 is 48.4 Å². The van der Waals surface area contributed by atoms with Gasteiger partial charge in [0.2, 0.25) is 0 Å². The number of ether oxygens (including phenoxy) is 3. The fraction of sp³-hybridized carbons (Fsp3) is 0.698. The number of Topliss-reactive ketones (excluding diaryl/α,β-unsaturated/α-hetero) is 2. The number of rotatable bonds is 3. The molecule has 0 amide bonds. The maximum Gasteiger partial charge on any atom is 0.313 e. The molecule has 2 heterocycles. The standard InChI is InChI=1S/C43H62O10/c1-24(2)30-21-34(45)27(5)13-11-12-25(3)19-35(46)33-20-28(6)31-22-39(52-29(7)44)42(9,50)38-16-17-41(8,49)37(53-38)15-14-26(4)18-32(31)43(33,23-36(30)47)40(48)51-10/h13,18-19,24,30,32-33,37-39,49-50H,11-12,14-17,20-23H2,1-10H3/b25-19-,26-18+,27-13-/t30-,32-,33+,37-,38+,39-,41-,42-,43-/m0/s1. The first-order valence-corrected chi connectivity index (χ1v) is 19.3. The third kappa shape index (κ3) is 9.03. The molecule has 2 bridgehead atoms.